The Hall–Kier alpha value is -3.06. The average Bonchev–Trinajstić information content (AvgIpc) is 3.00. The van der Waals surface area contributed by atoms with E-state index in [9.17, 15) is 4.79 Å². The number of nitrogens with zero attached hydrogens (tertiary/aromatic N) is 3. The number of carbonyl (C=O) groups is 1. The number of hydrogen-bond acceptors (Lipinski definition) is 5. The first-order chi connectivity index (χ1) is 12.1. The zero-order chi connectivity index (χ0) is 17.8. The van der Waals surface area contributed by atoms with Gasteiger partial charge in [0.05, 0.1) is 18.9 Å². The molecule has 0 unspecified atom stereocenters. The molecule has 2 aromatic carbocycles. The fraction of sp³-hybridized carbons (Fsp3) is 0.111. The van der Waals surface area contributed by atoms with E-state index in [4.69, 9.17) is 12.2 Å². The van der Waals surface area contributed by atoms with E-state index in [-0.39, 0.29) is 5.97 Å². The molecule has 1 heterocycles. The van der Waals surface area contributed by atoms with Gasteiger partial charge in [-0.15, -0.1) is 0 Å². The minimum atomic E-state index is -0.373. The Bertz CT molecular complexity index is 987. The van der Waals surface area contributed by atoms with Crippen molar-refractivity contribution in [1.82, 2.24) is 14.9 Å². The maximum absolute atomic E-state index is 11.5. The number of aromatic amines is 1. The van der Waals surface area contributed by atoms with Gasteiger partial charge in [0.15, 0.2) is 5.82 Å². The number of aryl methyl sites for hydroxylation is 1. The number of rotatable bonds is 4. The first kappa shape index (κ1) is 16.8. The summed E-state index contributed by atoms with van der Waals surface area (Å²) < 4.78 is 6.66. The highest BCUT2D eigenvalue weighted by Gasteiger charge is 2.10. The molecule has 0 bridgehead atoms. The molecule has 0 fully saturated rings. The van der Waals surface area contributed by atoms with Crippen LogP contribution in [0.5, 0.6) is 0 Å². The fourth-order valence-corrected chi connectivity index (χ4v) is 2.52. The van der Waals surface area contributed by atoms with Crippen LogP contribution in [0.4, 0.5) is 0 Å². The van der Waals surface area contributed by atoms with Crippen molar-refractivity contribution in [3.63, 3.8) is 0 Å². The molecule has 0 amide bonds. The number of esters is 1. The van der Waals surface area contributed by atoms with Crippen molar-refractivity contribution in [3.05, 3.63) is 70.0 Å². The Kier molecular flexibility index (Phi) is 4.85. The minimum absolute atomic E-state index is 0.373. The molecule has 0 saturated heterocycles. The highest BCUT2D eigenvalue weighted by Crippen LogP contribution is 2.21. The van der Waals surface area contributed by atoms with Crippen LogP contribution in [0.1, 0.15) is 21.5 Å². The van der Waals surface area contributed by atoms with Crippen molar-refractivity contribution in [2.45, 2.75) is 6.92 Å². The molecular weight excluding hydrogens is 336 g/mol. The normalized spacial score (nSPS) is 11.0. The van der Waals surface area contributed by atoms with Crippen LogP contribution in [-0.4, -0.2) is 34.2 Å². The van der Waals surface area contributed by atoms with Crippen molar-refractivity contribution >= 4 is 24.4 Å². The molecule has 126 valence electrons. The van der Waals surface area contributed by atoms with Gasteiger partial charge in [0.2, 0.25) is 4.77 Å². The molecule has 0 aliphatic rings. The zero-order valence-electron chi connectivity index (χ0n) is 13.8. The van der Waals surface area contributed by atoms with Crippen LogP contribution in [0.25, 0.3) is 11.4 Å². The summed E-state index contributed by atoms with van der Waals surface area (Å²) >= 11 is 5.27. The average molecular weight is 352 g/mol. The lowest BCUT2D eigenvalue weighted by Crippen LogP contribution is -2.01. The van der Waals surface area contributed by atoms with Crippen molar-refractivity contribution in [3.8, 4) is 11.4 Å². The van der Waals surface area contributed by atoms with E-state index in [0.717, 1.165) is 16.7 Å². The Labute approximate surface area is 149 Å². The Morgan fingerprint density at radius 1 is 1.24 bits per heavy atom. The van der Waals surface area contributed by atoms with Gasteiger partial charge in [-0.1, -0.05) is 36.4 Å². The second-order valence-corrected chi connectivity index (χ2v) is 5.72. The van der Waals surface area contributed by atoms with Gasteiger partial charge in [0, 0.05) is 5.56 Å². The van der Waals surface area contributed by atoms with Gasteiger partial charge in [-0.05, 0) is 42.4 Å². The van der Waals surface area contributed by atoms with Crippen molar-refractivity contribution in [2.24, 2.45) is 5.10 Å². The van der Waals surface area contributed by atoms with Crippen LogP contribution in [0, 0.1) is 11.7 Å². The summed E-state index contributed by atoms with van der Waals surface area (Å²) in [7, 11) is 1.35. The lowest BCUT2D eigenvalue weighted by Gasteiger charge is -2.04. The van der Waals surface area contributed by atoms with Gasteiger partial charge >= 0.3 is 5.97 Å². The Morgan fingerprint density at radius 3 is 2.64 bits per heavy atom. The number of hydrogen-bond donors (Lipinski definition) is 1. The zero-order valence-corrected chi connectivity index (χ0v) is 14.6. The van der Waals surface area contributed by atoms with Crippen LogP contribution in [0.15, 0.2) is 53.6 Å². The molecule has 1 aromatic heterocycles. The van der Waals surface area contributed by atoms with Gasteiger partial charge in [-0.3, -0.25) is 0 Å². The minimum Gasteiger partial charge on any atom is -0.465 e. The first-order valence-electron chi connectivity index (χ1n) is 7.56. The van der Waals surface area contributed by atoms with Crippen LogP contribution in [-0.2, 0) is 4.74 Å². The molecule has 0 radical (unpaired) electrons. The fourth-order valence-electron chi connectivity index (χ4n) is 2.34. The molecule has 0 saturated carbocycles. The van der Waals surface area contributed by atoms with Crippen LogP contribution in [0.2, 0.25) is 0 Å². The van der Waals surface area contributed by atoms with E-state index in [1.807, 2.05) is 31.2 Å². The number of methoxy groups -OCH3 is 1. The van der Waals surface area contributed by atoms with E-state index in [1.54, 1.807) is 35.2 Å². The Morgan fingerprint density at radius 2 is 1.96 bits per heavy atom. The predicted molar refractivity (Wildman–Crippen MR) is 98.4 cm³/mol. The summed E-state index contributed by atoms with van der Waals surface area (Å²) in [5, 5.41) is 11.5. The monoisotopic (exact) mass is 352 g/mol. The van der Waals surface area contributed by atoms with E-state index >= 15 is 0 Å². The van der Waals surface area contributed by atoms with E-state index in [2.05, 4.69) is 20.0 Å². The summed E-state index contributed by atoms with van der Waals surface area (Å²) in [4.78, 5) is 11.5. The summed E-state index contributed by atoms with van der Waals surface area (Å²) in [5.74, 6) is 0.271. The summed E-state index contributed by atoms with van der Waals surface area (Å²) in [5.41, 5.74) is 3.34. The number of nitrogens with one attached hydrogen (secondary N) is 1. The van der Waals surface area contributed by atoms with Gasteiger partial charge < -0.3 is 4.74 Å². The van der Waals surface area contributed by atoms with E-state index in [0.29, 0.717) is 16.2 Å². The highest BCUT2D eigenvalue weighted by atomic mass is 32.1. The maximum atomic E-state index is 11.5. The van der Waals surface area contributed by atoms with Gasteiger partial charge in [-0.25, -0.2) is 9.89 Å². The van der Waals surface area contributed by atoms with E-state index in [1.165, 1.54) is 7.11 Å². The lowest BCUT2D eigenvalue weighted by atomic mass is 10.1. The topological polar surface area (TPSA) is 72.3 Å². The predicted octanol–water partition coefficient (Wildman–Crippen LogP) is 3.58. The van der Waals surface area contributed by atoms with Crippen LogP contribution >= 0.6 is 12.2 Å². The van der Waals surface area contributed by atoms with E-state index < -0.39 is 0 Å². The highest BCUT2D eigenvalue weighted by molar-refractivity contribution is 7.71. The summed E-state index contributed by atoms with van der Waals surface area (Å²) in [6.45, 7) is 2.01. The molecule has 3 aromatic rings. The third-order valence-electron chi connectivity index (χ3n) is 3.69. The number of H-pyrrole nitrogens is 1. The second kappa shape index (κ2) is 7.23. The molecule has 0 spiro atoms. The Balaban J connectivity index is 1.92. The standard InChI is InChI=1S/C18H16N4O2S/c1-12-5-3-4-6-15(12)16-20-21-18(25)22(16)19-11-13-7-9-14(10-8-13)17(23)24-2/h3-11H,1-2H3,(H,21,25)/b19-11-. The van der Waals surface area contributed by atoms with Gasteiger partial charge in [0.25, 0.3) is 0 Å². The molecule has 3 rings (SSSR count). The van der Waals surface area contributed by atoms with Crippen LogP contribution in [0.3, 0.4) is 0 Å². The van der Waals surface area contributed by atoms with Crippen molar-refractivity contribution in [1.29, 1.82) is 0 Å². The molecule has 25 heavy (non-hydrogen) atoms. The molecular formula is C18H16N4O2S. The summed E-state index contributed by atoms with van der Waals surface area (Å²) in [6, 6.07) is 14.8. The molecule has 0 atom stereocenters. The van der Waals surface area contributed by atoms with Gasteiger partial charge in [0.1, 0.15) is 0 Å². The number of benzene rings is 2. The van der Waals surface area contributed by atoms with Crippen molar-refractivity contribution in [2.75, 3.05) is 7.11 Å². The smallest absolute Gasteiger partial charge is 0.337 e. The molecule has 0 aliphatic carbocycles. The largest absolute Gasteiger partial charge is 0.465 e. The summed E-state index contributed by atoms with van der Waals surface area (Å²) in [6.07, 6.45) is 1.66. The molecule has 0 aliphatic heterocycles. The molecule has 6 nitrogen and oxygen atoms in total. The molecule has 1 N–H and O–H groups in total. The SMILES string of the molecule is COC(=O)c1ccc(/C=N\n2c(-c3ccccc3C)n[nH]c2=S)cc1. The third-order valence-corrected chi connectivity index (χ3v) is 3.95. The number of ether oxygens (including phenoxy) is 1. The maximum Gasteiger partial charge on any atom is 0.337 e. The second-order valence-electron chi connectivity index (χ2n) is 5.34. The van der Waals surface area contributed by atoms with Crippen LogP contribution < -0.4 is 0 Å². The lowest BCUT2D eigenvalue weighted by molar-refractivity contribution is 0.0600. The quantitative estimate of drug-likeness (QED) is 0.442. The number of carbonyl (C=O) groups excluding carboxylic acids is 1. The number of aromatic nitrogens is 3. The van der Waals surface area contributed by atoms with Crippen molar-refractivity contribution < 1.29 is 9.53 Å². The first-order valence-corrected chi connectivity index (χ1v) is 7.97. The third kappa shape index (κ3) is 3.56. The molecule has 7 heteroatoms. The van der Waals surface area contributed by atoms with Gasteiger partial charge in [-0.2, -0.15) is 14.9 Å².